The predicted molar refractivity (Wildman–Crippen MR) is 52.4 cm³/mol. The Hall–Kier alpha value is -1.69. The molecule has 15 heavy (non-hydrogen) atoms. The molecule has 78 valence electrons. The molecule has 1 heterocycles. The van der Waals surface area contributed by atoms with E-state index in [4.69, 9.17) is 0 Å². The fourth-order valence-corrected chi connectivity index (χ4v) is 1.63. The number of nitrogens with zero attached hydrogens (tertiary/aromatic N) is 1. The standard InChI is InChI=1S/C9H6FNO3S/c10-15(12,13)14-9-3-1-2-7-6-11-5-4-8(7)9/h1-6H. The quantitative estimate of drug-likeness (QED) is 0.734. The fourth-order valence-electron chi connectivity index (χ4n) is 1.27. The van der Waals surface area contributed by atoms with Crippen LogP contribution in [0.2, 0.25) is 0 Å². The average Bonchev–Trinajstić information content (AvgIpc) is 2.16. The van der Waals surface area contributed by atoms with Gasteiger partial charge in [-0.05, 0) is 12.1 Å². The summed E-state index contributed by atoms with van der Waals surface area (Å²) in [6, 6.07) is 6.21. The van der Waals surface area contributed by atoms with Gasteiger partial charge in [0.25, 0.3) is 0 Å². The number of fused-ring (bicyclic) bond motifs is 1. The zero-order valence-electron chi connectivity index (χ0n) is 7.42. The monoisotopic (exact) mass is 227 g/mol. The maximum Gasteiger partial charge on any atom is 0.488 e. The van der Waals surface area contributed by atoms with Crippen LogP contribution in [0.1, 0.15) is 0 Å². The van der Waals surface area contributed by atoms with E-state index >= 15 is 0 Å². The van der Waals surface area contributed by atoms with Crippen LogP contribution in [0, 0.1) is 0 Å². The van der Waals surface area contributed by atoms with Crippen LogP contribution in [0.25, 0.3) is 10.8 Å². The van der Waals surface area contributed by atoms with Crippen LogP contribution in [0.4, 0.5) is 3.89 Å². The highest BCUT2D eigenvalue weighted by molar-refractivity contribution is 7.81. The molecule has 2 rings (SSSR count). The molecule has 0 spiro atoms. The zero-order chi connectivity index (χ0) is 10.9. The van der Waals surface area contributed by atoms with Gasteiger partial charge in [-0.2, -0.15) is 8.42 Å². The van der Waals surface area contributed by atoms with E-state index in [1.807, 2.05) is 0 Å². The van der Waals surface area contributed by atoms with Crippen LogP contribution in [-0.4, -0.2) is 13.4 Å². The lowest BCUT2D eigenvalue weighted by Crippen LogP contribution is -2.01. The van der Waals surface area contributed by atoms with Crippen molar-refractivity contribution < 1.29 is 16.5 Å². The summed E-state index contributed by atoms with van der Waals surface area (Å²) < 4.78 is 37.2. The minimum absolute atomic E-state index is 0.0441. The van der Waals surface area contributed by atoms with Gasteiger partial charge in [-0.15, -0.1) is 0 Å². The van der Waals surface area contributed by atoms with Crippen molar-refractivity contribution in [3.8, 4) is 5.75 Å². The van der Waals surface area contributed by atoms with Crippen LogP contribution in [-0.2, 0) is 10.5 Å². The van der Waals surface area contributed by atoms with Gasteiger partial charge in [0.1, 0.15) is 0 Å². The second-order valence-electron chi connectivity index (χ2n) is 2.83. The molecule has 0 N–H and O–H groups in total. The van der Waals surface area contributed by atoms with Crippen molar-refractivity contribution in [2.75, 3.05) is 0 Å². The average molecular weight is 227 g/mol. The van der Waals surface area contributed by atoms with Gasteiger partial charge >= 0.3 is 10.5 Å². The third-order valence-corrected chi connectivity index (χ3v) is 2.21. The molecule has 0 amide bonds. The summed E-state index contributed by atoms with van der Waals surface area (Å²) in [4.78, 5) is 3.85. The maximum atomic E-state index is 12.3. The van der Waals surface area contributed by atoms with Crippen LogP contribution >= 0.6 is 0 Å². The summed E-state index contributed by atoms with van der Waals surface area (Å²) in [6.07, 6.45) is 3.01. The van der Waals surface area contributed by atoms with Gasteiger partial charge in [-0.3, -0.25) is 4.98 Å². The molecule has 1 aromatic carbocycles. The number of hydrogen-bond acceptors (Lipinski definition) is 4. The Morgan fingerprint density at radius 1 is 1.27 bits per heavy atom. The third-order valence-electron chi connectivity index (χ3n) is 1.83. The molecule has 2 aromatic rings. The van der Waals surface area contributed by atoms with Crippen molar-refractivity contribution >= 4 is 21.3 Å². The molecule has 0 bridgehead atoms. The third kappa shape index (κ3) is 2.21. The van der Waals surface area contributed by atoms with Crippen LogP contribution < -0.4 is 4.18 Å². The van der Waals surface area contributed by atoms with E-state index < -0.39 is 10.5 Å². The summed E-state index contributed by atoms with van der Waals surface area (Å²) in [6.45, 7) is 0. The number of hydrogen-bond donors (Lipinski definition) is 0. The lowest BCUT2D eigenvalue weighted by Gasteiger charge is -2.03. The maximum absolute atomic E-state index is 12.3. The van der Waals surface area contributed by atoms with Crippen LogP contribution in [0.3, 0.4) is 0 Å². The topological polar surface area (TPSA) is 56.3 Å². The predicted octanol–water partition coefficient (Wildman–Crippen LogP) is 1.83. The van der Waals surface area contributed by atoms with Gasteiger partial charge in [0.2, 0.25) is 0 Å². The SMILES string of the molecule is O=S(=O)(F)Oc1cccc2cnccc12. The summed E-state index contributed by atoms with van der Waals surface area (Å²) in [7, 11) is -4.99. The van der Waals surface area contributed by atoms with Crippen molar-refractivity contribution in [1.82, 2.24) is 4.98 Å². The van der Waals surface area contributed by atoms with E-state index in [9.17, 15) is 12.3 Å². The molecule has 0 radical (unpaired) electrons. The minimum Gasteiger partial charge on any atom is -0.358 e. The Labute approximate surface area is 85.7 Å². The molecular formula is C9H6FNO3S. The number of pyridine rings is 1. The first kappa shape index (κ1) is 9.85. The minimum atomic E-state index is -4.99. The molecule has 6 heteroatoms. The number of halogens is 1. The van der Waals surface area contributed by atoms with E-state index in [1.165, 1.54) is 18.5 Å². The second-order valence-corrected chi connectivity index (χ2v) is 3.78. The molecule has 0 saturated carbocycles. The molecular weight excluding hydrogens is 221 g/mol. The fraction of sp³-hybridized carbons (Fsp3) is 0. The zero-order valence-corrected chi connectivity index (χ0v) is 8.24. The molecule has 0 aliphatic carbocycles. The Balaban J connectivity index is 2.61. The molecule has 0 fully saturated rings. The van der Waals surface area contributed by atoms with Crippen LogP contribution in [0.5, 0.6) is 5.75 Å². The van der Waals surface area contributed by atoms with E-state index in [1.54, 1.807) is 18.2 Å². The van der Waals surface area contributed by atoms with E-state index in [0.29, 0.717) is 10.8 Å². The second kappa shape index (κ2) is 3.47. The summed E-state index contributed by atoms with van der Waals surface area (Å²) in [5, 5.41) is 1.17. The summed E-state index contributed by atoms with van der Waals surface area (Å²) >= 11 is 0. The highest BCUT2D eigenvalue weighted by atomic mass is 32.3. The van der Waals surface area contributed by atoms with Gasteiger partial charge in [0.15, 0.2) is 5.75 Å². The van der Waals surface area contributed by atoms with Gasteiger partial charge < -0.3 is 4.18 Å². The molecule has 4 nitrogen and oxygen atoms in total. The van der Waals surface area contributed by atoms with Gasteiger partial charge in [-0.25, -0.2) is 0 Å². The number of rotatable bonds is 2. The van der Waals surface area contributed by atoms with Crippen LogP contribution in [0.15, 0.2) is 36.7 Å². The summed E-state index contributed by atoms with van der Waals surface area (Å²) in [5.74, 6) is -0.0441. The number of benzene rings is 1. The molecule has 0 aliphatic heterocycles. The molecule has 0 atom stereocenters. The Kier molecular flexibility index (Phi) is 2.28. The van der Waals surface area contributed by atoms with Gasteiger partial charge in [-0.1, -0.05) is 16.0 Å². The van der Waals surface area contributed by atoms with Crippen molar-refractivity contribution in [3.63, 3.8) is 0 Å². The number of aromatic nitrogens is 1. The van der Waals surface area contributed by atoms with Gasteiger partial charge in [0, 0.05) is 23.2 Å². The Bertz CT molecular complexity index is 592. The Morgan fingerprint density at radius 3 is 2.80 bits per heavy atom. The van der Waals surface area contributed by atoms with E-state index in [-0.39, 0.29) is 5.75 Å². The highest BCUT2D eigenvalue weighted by Gasteiger charge is 2.11. The first-order valence-corrected chi connectivity index (χ1v) is 5.34. The first-order valence-electron chi connectivity index (χ1n) is 4.03. The van der Waals surface area contributed by atoms with Crippen molar-refractivity contribution in [2.24, 2.45) is 0 Å². The largest absolute Gasteiger partial charge is 0.488 e. The highest BCUT2D eigenvalue weighted by Crippen LogP contribution is 2.25. The van der Waals surface area contributed by atoms with E-state index in [0.717, 1.165) is 0 Å². The van der Waals surface area contributed by atoms with Crippen molar-refractivity contribution in [2.45, 2.75) is 0 Å². The first-order chi connectivity index (χ1) is 7.06. The molecule has 0 aliphatic rings. The lowest BCUT2D eigenvalue weighted by atomic mass is 10.2. The normalized spacial score (nSPS) is 11.5. The molecule has 0 saturated heterocycles. The molecule has 0 unspecified atom stereocenters. The Morgan fingerprint density at radius 2 is 2.07 bits per heavy atom. The molecule has 1 aromatic heterocycles. The van der Waals surface area contributed by atoms with Gasteiger partial charge in [0.05, 0.1) is 0 Å². The smallest absolute Gasteiger partial charge is 0.358 e. The lowest BCUT2D eigenvalue weighted by molar-refractivity contribution is 0.442. The van der Waals surface area contributed by atoms with Crippen molar-refractivity contribution in [1.29, 1.82) is 0 Å². The van der Waals surface area contributed by atoms with Crippen molar-refractivity contribution in [3.05, 3.63) is 36.7 Å². The summed E-state index contributed by atoms with van der Waals surface area (Å²) in [5.41, 5.74) is 0. The van der Waals surface area contributed by atoms with E-state index in [2.05, 4.69) is 9.17 Å².